The maximum Gasteiger partial charge on any atom is 0.253 e. The predicted molar refractivity (Wildman–Crippen MR) is 62.4 cm³/mol. The smallest absolute Gasteiger partial charge is 0.253 e. The van der Waals surface area contributed by atoms with Crippen LogP contribution in [0.5, 0.6) is 5.75 Å². The lowest BCUT2D eigenvalue weighted by Gasteiger charge is -2.12. The lowest BCUT2D eigenvalue weighted by molar-refractivity contribution is 0.257. The van der Waals surface area contributed by atoms with Crippen molar-refractivity contribution in [2.75, 3.05) is 0 Å². The van der Waals surface area contributed by atoms with Crippen molar-refractivity contribution in [3.63, 3.8) is 0 Å². The minimum Gasteiger partial charge on any atom is -0.483 e. The largest absolute Gasteiger partial charge is 0.483 e. The van der Waals surface area contributed by atoms with Gasteiger partial charge in [-0.2, -0.15) is 0 Å². The van der Waals surface area contributed by atoms with Crippen LogP contribution < -0.4 is 10.5 Å². The molecule has 1 heterocycles. The highest BCUT2D eigenvalue weighted by molar-refractivity contribution is 5.36. The second-order valence-electron chi connectivity index (χ2n) is 3.97. The molecule has 5 nitrogen and oxygen atoms in total. The minimum absolute atomic E-state index is 0.131. The molecule has 0 amide bonds. The average Bonchev–Trinajstić information content (AvgIpc) is 2.73. The third-order valence-corrected chi connectivity index (χ3v) is 2.38. The monoisotopic (exact) mass is 251 g/mol. The Hall–Kier alpha value is -1.95. The standard InChI is InChI=1S/C12H14FN3O2/c1-7(14)10-5-9(13)3-4-11(10)17-6-12-16-15-8(2)18-12/h3-5,7H,6,14H2,1-2H3. The topological polar surface area (TPSA) is 74.2 Å². The van der Waals surface area contributed by atoms with Gasteiger partial charge in [-0.1, -0.05) is 0 Å². The first kappa shape index (κ1) is 12.5. The van der Waals surface area contributed by atoms with E-state index in [0.29, 0.717) is 23.1 Å². The molecule has 0 radical (unpaired) electrons. The fourth-order valence-electron chi connectivity index (χ4n) is 1.54. The number of halogens is 1. The molecule has 1 aromatic carbocycles. The van der Waals surface area contributed by atoms with E-state index in [-0.39, 0.29) is 18.5 Å². The molecule has 0 spiro atoms. The van der Waals surface area contributed by atoms with E-state index in [4.69, 9.17) is 14.9 Å². The summed E-state index contributed by atoms with van der Waals surface area (Å²) in [6.45, 7) is 3.59. The van der Waals surface area contributed by atoms with Crippen LogP contribution in [0.3, 0.4) is 0 Å². The van der Waals surface area contributed by atoms with Gasteiger partial charge in [0, 0.05) is 18.5 Å². The lowest BCUT2D eigenvalue weighted by Crippen LogP contribution is -2.08. The fourth-order valence-corrected chi connectivity index (χ4v) is 1.54. The average molecular weight is 251 g/mol. The summed E-state index contributed by atoms with van der Waals surface area (Å²) < 4.78 is 23.8. The molecule has 0 aliphatic rings. The molecule has 0 saturated heterocycles. The maximum atomic E-state index is 13.1. The molecule has 0 saturated carbocycles. The van der Waals surface area contributed by atoms with Gasteiger partial charge in [0.15, 0.2) is 6.61 Å². The van der Waals surface area contributed by atoms with Crippen LogP contribution >= 0.6 is 0 Å². The van der Waals surface area contributed by atoms with Crippen LogP contribution in [0.2, 0.25) is 0 Å². The zero-order valence-electron chi connectivity index (χ0n) is 10.2. The van der Waals surface area contributed by atoms with Gasteiger partial charge in [0.1, 0.15) is 11.6 Å². The molecule has 2 rings (SSSR count). The Morgan fingerprint density at radius 2 is 2.22 bits per heavy atom. The van der Waals surface area contributed by atoms with Gasteiger partial charge < -0.3 is 14.9 Å². The van der Waals surface area contributed by atoms with Crippen molar-refractivity contribution in [2.24, 2.45) is 5.73 Å². The Kier molecular flexibility index (Phi) is 3.57. The van der Waals surface area contributed by atoms with Crippen LogP contribution in [0.25, 0.3) is 0 Å². The van der Waals surface area contributed by atoms with Gasteiger partial charge in [-0.15, -0.1) is 10.2 Å². The Bertz CT molecular complexity index is 540. The van der Waals surface area contributed by atoms with E-state index >= 15 is 0 Å². The number of nitrogens with two attached hydrogens (primary N) is 1. The van der Waals surface area contributed by atoms with Crippen LogP contribution in [0, 0.1) is 12.7 Å². The van der Waals surface area contributed by atoms with E-state index in [2.05, 4.69) is 10.2 Å². The summed E-state index contributed by atoms with van der Waals surface area (Å²) in [4.78, 5) is 0. The quantitative estimate of drug-likeness (QED) is 0.900. The summed E-state index contributed by atoms with van der Waals surface area (Å²) in [5.41, 5.74) is 6.36. The number of nitrogens with zero attached hydrogens (tertiary/aromatic N) is 2. The number of ether oxygens (including phenoxy) is 1. The molecule has 0 aliphatic heterocycles. The number of hydrogen-bond donors (Lipinski definition) is 1. The highest BCUT2D eigenvalue weighted by Crippen LogP contribution is 2.25. The van der Waals surface area contributed by atoms with Crippen LogP contribution in [0.4, 0.5) is 4.39 Å². The van der Waals surface area contributed by atoms with E-state index < -0.39 is 0 Å². The third kappa shape index (κ3) is 2.84. The molecule has 1 atom stereocenters. The summed E-state index contributed by atoms with van der Waals surface area (Å²) in [5.74, 6) is 1.01. The Morgan fingerprint density at radius 1 is 1.44 bits per heavy atom. The van der Waals surface area contributed by atoms with Crippen LogP contribution in [0.1, 0.15) is 30.3 Å². The lowest BCUT2D eigenvalue weighted by atomic mass is 10.1. The first-order valence-corrected chi connectivity index (χ1v) is 5.53. The Balaban J connectivity index is 2.13. The summed E-state index contributed by atoms with van der Waals surface area (Å²) >= 11 is 0. The maximum absolute atomic E-state index is 13.1. The number of benzene rings is 1. The first-order chi connectivity index (χ1) is 8.56. The number of hydrogen-bond acceptors (Lipinski definition) is 5. The van der Waals surface area contributed by atoms with E-state index in [1.165, 1.54) is 18.2 Å². The molecule has 1 aromatic heterocycles. The summed E-state index contributed by atoms with van der Waals surface area (Å²) in [6.07, 6.45) is 0. The molecule has 0 aliphatic carbocycles. The SMILES string of the molecule is Cc1nnc(COc2ccc(F)cc2C(C)N)o1. The molecule has 0 bridgehead atoms. The van der Waals surface area contributed by atoms with Crippen molar-refractivity contribution in [3.8, 4) is 5.75 Å². The molecule has 6 heteroatoms. The highest BCUT2D eigenvalue weighted by Gasteiger charge is 2.11. The molecule has 18 heavy (non-hydrogen) atoms. The van der Waals surface area contributed by atoms with Crippen LogP contribution in [-0.2, 0) is 6.61 Å². The zero-order chi connectivity index (χ0) is 13.1. The molecular weight excluding hydrogens is 237 g/mol. The second kappa shape index (κ2) is 5.14. The number of rotatable bonds is 4. The van der Waals surface area contributed by atoms with Gasteiger partial charge in [-0.05, 0) is 25.1 Å². The van der Waals surface area contributed by atoms with Gasteiger partial charge in [0.25, 0.3) is 5.89 Å². The van der Waals surface area contributed by atoms with Gasteiger partial charge >= 0.3 is 0 Å². The molecule has 2 aromatic rings. The normalized spacial score (nSPS) is 12.4. The van der Waals surface area contributed by atoms with Crippen molar-refractivity contribution in [1.29, 1.82) is 0 Å². The summed E-state index contributed by atoms with van der Waals surface area (Å²) in [7, 11) is 0. The van der Waals surface area contributed by atoms with Crippen molar-refractivity contribution in [2.45, 2.75) is 26.5 Å². The van der Waals surface area contributed by atoms with Crippen molar-refractivity contribution in [1.82, 2.24) is 10.2 Å². The molecule has 96 valence electrons. The minimum atomic E-state index is -0.344. The Morgan fingerprint density at radius 3 is 2.83 bits per heavy atom. The summed E-state index contributed by atoms with van der Waals surface area (Å²) in [5, 5.41) is 7.50. The van der Waals surface area contributed by atoms with Crippen molar-refractivity contribution in [3.05, 3.63) is 41.4 Å². The highest BCUT2D eigenvalue weighted by atomic mass is 19.1. The van der Waals surface area contributed by atoms with Crippen molar-refractivity contribution >= 4 is 0 Å². The predicted octanol–water partition coefficient (Wildman–Crippen LogP) is 2.12. The third-order valence-electron chi connectivity index (χ3n) is 2.38. The van der Waals surface area contributed by atoms with Crippen LogP contribution in [0.15, 0.2) is 22.6 Å². The summed E-state index contributed by atoms with van der Waals surface area (Å²) in [6, 6.07) is 3.90. The van der Waals surface area contributed by atoms with E-state index in [0.717, 1.165) is 0 Å². The van der Waals surface area contributed by atoms with Gasteiger partial charge in [0.2, 0.25) is 5.89 Å². The van der Waals surface area contributed by atoms with Crippen LogP contribution in [-0.4, -0.2) is 10.2 Å². The second-order valence-corrected chi connectivity index (χ2v) is 3.97. The van der Waals surface area contributed by atoms with Gasteiger partial charge in [-0.25, -0.2) is 4.39 Å². The molecule has 0 fully saturated rings. The van der Waals surface area contributed by atoms with Gasteiger partial charge in [-0.3, -0.25) is 0 Å². The van der Waals surface area contributed by atoms with E-state index in [1.807, 2.05) is 0 Å². The first-order valence-electron chi connectivity index (χ1n) is 5.53. The molecule has 1 unspecified atom stereocenters. The fraction of sp³-hybridized carbons (Fsp3) is 0.333. The number of aryl methyl sites for hydroxylation is 1. The van der Waals surface area contributed by atoms with Gasteiger partial charge in [0.05, 0.1) is 0 Å². The van der Waals surface area contributed by atoms with E-state index in [1.54, 1.807) is 13.8 Å². The molecule has 2 N–H and O–H groups in total. The zero-order valence-corrected chi connectivity index (χ0v) is 10.2. The molecular formula is C12H14FN3O2. The van der Waals surface area contributed by atoms with E-state index in [9.17, 15) is 4.39 Å². The van der Waals surface area contributed by atoms with Crippen molar-refractivity contribution < 1.29 is 13.5 Å². The Labute approximate surface area is 104 Å². The number of aromatic nitrogens is 2.